The van der Waals surface area contributed by atoms with Gasteiger partial charge in [-0.25, -0.2) is 4.98 Å². The molecule has 1 aliphatic rings. The van der Waals surface area contributed by atoms with Crippen LogP contribution in [0.5, 0.6) is 0 Å². The lowest BCUT2D eigenvalue weighted by atomic mass is 10.3. The van der Waals surface area contributed by atoms with E-state index in [0.717, 1.165) is 18.7 Å². The molecule has 1 aliphatic carbocycles. The molecule has 0 radical (unpaired) electrons. The van der Waals surface area contributed by atoms with Crippen molar-refractivity contribution in [1.82, 2.24) is 20.1 Å². The summed E-state index contributed by atoms with van der Waals surface area (Å²) in [5.74, 6) is 0. The molecular weight excluding hydrogens is 280 g/mol. The largest absolute Gasteiger partial charge is 0.302 e. The Morgan fingerprint density at radius 2 is 2.24 bits per heavy atom. The Kier molecular flexibility index (Phi) is 4.70. The van der Waals surface area contributed by atoms with Gasteiger partial charge in [-0.15, -0.1) is 11.3 Å². The smallest absolute Gasteiger partial charge is 0.109 e. The summed E-state index contributed by atoms with van der Waals surface area (Å²) >= 11 is 1.80. The van der Waals surface area contributed by atoms with Crippen LogP contribution in [-0.2, 0) is 13.0 Å². The average molecular weight is 304 g/mol. The molecule has 1 saturated carbocycles. The molecule has 0 saturated heterocycles. The van der Waals surface area contributed by atoms with Crippen molar-refractivity contribution in [3.63, 3.8) is 0 Å². The van der Waals surface area contributed by atoms with Gasteiger partial charge < -0.3 is 5.32 Å². The molecule has 114 valence electrons. The summed E-state index contributed by atoms with van der Waals surface area (Å²) in [5, 5.41) is 9.41. The lowest BCUT2D eigenvalue weighted by molar-refractivity contribution is 0.458. The molecule has 1 atom stereocenters. The molecule has 2 heterocycles. The minimum Gasteiger partial charge on any atom is -0.302 e. The van der Waals surface area contributed by atoms with E-state index in [0.29, 0.717) is 6.04 Å². The van der Waals surface area contributed by atoms with E-state index in [2.05, 4.69) is 41.1 Å². The first-order valence-corrected chi connectivity index (χ1v) is 8.80. The summed E-state index contributed by atoms with van der Waals surface area (Å²) in [6, 6.07) is 3.05. The van der Waals surface area contributed by atoms with Crippen LogP contribution in [0.2, 0.25) is 0 Å². The van der Waals surface area contributed by atoms with Gasteiger partial charge in [-0.3, -0.25) is 4.68 Å². The number of thiazole rings is 1. The third-order valence-electron chi connectivity index (χ3n) is 4.24. The number of rotatable bonds is 6. The predicted molar refractivity (Wildman–Crippen MR) is 86.5 cm³/mol. The first-order valence-electron chi connectivity index (χ1n) is 7.98. The van der Waals surface area contributed by atoms with Gasteiger partial charge in [0.15, 0.2) is 0 Å². The molecule has 5 heteroatoms. The second-order valence-electron chi connectivity index (χ2n) is 5.85. The second kappa shape index (κ2) is 6.71. The molecule has 2 aromatic rings. The lowest BCUT2D eigenvalue weighted by Crippen LogP contribution is -2.18. The number of nitrogens with one attached hydrogen (secondary N) is 1. The quantitative estimate of drug-likeness (QED) is 0.881. The van der Waals surface area contributed by atoms with E-state index in [-0.39, 0.29) is 6.04 Å². The van der Waals surface area contributed by atoms with E-state index < -0.39 is 0 Å². The highest BCUT2D eigenvalue weighted by molar-refractivity contribution is 7.11. The van der Waals surface area contributed by atoms with Gasteiger partial charge >= 0.3 is 0 Å². The molecule has 1 unspecified atom stereocenters. The fraction of sp³-hybridized carbons (Fsp3) is 0.625. The molecule has 1 N–H and O–H groups in total. The summed E-state index contributed by atoms with van der Waals surface area (Å²) in [4.78, 5) is 5.85. The summed E-state index contributed by atoms with van der Waals surface area (Å²) in [7, 11) is 0. The molecule has 4 nitrogen and oxygen atoms in total. The maximum Gasteiger partial charge on any atom is 0.109 e. The Hall–Kier alpha value is -1.20. The van der Waals surface area contributed by atoms with Crippen molar-refractivity contribution in [1.29, 1.82) is 0 Å². The number of aryl methyl sites for hydroxylation is 1. The van der Waals surface area contributed by atoms with Gasteiger partial charge in [0.05, 0.1) is 17.8 Å². The highest BCUT2D eigenvalue weighted by atomic mass is 32.1. The van der Waals surface area contributed by atoms with Crippen molar-refractivity contribution in [3.05, 3.63) is 34.0 Å². The minimum atomic E-state index is 0.284. The van der Waals surface area contributed by atoms with Gasteiger partial charge in [0.25, 0.3) is 0 Å². The Morgan fingerprint density at radius 3 is 2.95 bits per heavy atom. The Morgan fingerprint density at radius 1 is 1.43 bits per heavy atom. The van der Waals surface area contributed by atoms with E-state index in [9.17, 15) is 0 Å². The summed E-state index contributed by atoms with van der Waals surface area (Å²) in [6.07, 6.45) is 10.4. The molecule has 0 aliphatic heterocycles. The normalized spacial score (nSPS) is 17.4. The SMILES string of the molecule is CCc1cnc(C(C)NCc2ccn(C3CCCC3)n2)s1. The fourth-order valence-corrected chi connectivity index (χ4v) is 3.76. The van der Waals surface area contributed by atoms with Crippen LogP contribution in [-0.4, -0.2) is 14.8 Å². The third kappa shape index (κ3) is 3.52. The molecule has 0 amide bonds. The topological polar surface area (TPSA) is 42.7 Å². The van der Waals surface area contributed by atoms with Crippen molar-refractivity contribution < 1.29 is 0 Å². The van der Waals surface area contributed by atoms with E-state index >= 15 is 0 Å². The number of hydrogen-bond donors (Lipinski definition) is 1. The molecular formula is C16H24N4S. The van der Waals surface area contributed by atoms with Crippen LogP contribution in [0.1, 0.15) is 67.2 Å². The van der Waals surface area contributed by atoms with Crippen molar-refractivity contribution in [2.75, 3.05) is 0 Å². The number of nitrogens with zero attached hydrogens (tertiary/aromatic N) is 3. The first kappa shape index (κ1) is 14.7. The van der Waals surface area contributed by atoms with Crippen molar-refractivity contribution >= 4 is 11.3 Å². The van der Waals surface area contributed by atoms with Crippen LogP contribution in [0.3, 0.4) is 0 Å². The van der Waals surface area contributed by atoms with Gasteiger partial charge in [-0.2, -0.15) is 5.10 Å². The molecule has 0 bridgehead atoms. The van der Waals surface area contributed by atoms with E-state index in [1.54, 1.807) is 11.3 Å². The van der Waals surface area contributed by atoms with Crippen LogP contribution in [0.25, 0.3) is 0 Å². The van der Waals surface area contributed by atoms with Gasteiger partial charge in [-0.05, 0) is 32.3 Å². The van der Waals surface area contributed by atoms with Crippen molar-refractivity contribution in [3.8, 4) is 0 Å². The maximum absolute atomic E-state index is 4.72. The summed E-state index contributed by atoms with van der Waals surface area (Å²) in [5.41, 5.74) is 1.13. The fourth-order valence-electron chi connectivity index (χ4n) is 2.88. The van der Waals surface area contributed by atoms with Gasteiger partial charge in [0.2, 0.25) is 0 Å². The minimum absolute atomic E-state index is 0.284. The standard InChI is InChI=1S/C16H24N4S/c1-3-15-11-18-16(21-15)12(2)17-10-13-8-9-20(19-13)14-6-4-5-7-14/h8-9,11-12,14,17H,3-7,10H2,1-2H3. The van der Waals surface area contributed by atoms with E-state index in [1.807, 2.05) is 6.20 Å². The number of hydrogen-bond acceptors (Lipinski definition) is 4. The van der Waals surface area contributed by atoms with E-state index in [1.165, 1.54) is 35.6 Å². The van der Waals surface area contributed by atoms with Crippen LogP contribution in [0, 0.1) is 0 Å². The van der Waals surface area contributed by atoms with Gasteiger partial charge in [0.1, 0.15) is 5.01 Å². The molecule has 2 aromatic heterocycles. The van der Waals surface area contributed by atoms with Crippen LogP contribution < -0.4 is 5.32 Å². The highest BCUT2D eigenvalue weighted by Gasteiger charge is 2.17. The number of aromatic nitrogens is 3. The zero-order valence-electron chi connectivity index (χ0n) is 12.9. The molecule has 0 spiro atoms. The van der Waals surface area contributed by atoms with Gasteiger partial charge in [0, 0.05) is 23.8 Å². The molecule has 0 aromatic carbocycles. The predicted octanol–water partition coefficient (Wildman–Crippen LogP) is 3.87. The second-order valence-corrected chi connectivity index (χ2v) is 6.99. The maximum atomic E-state index is 4.72. The first-order chi connectivity index (χ1) is 10.3. The van der Waals surface area contributed by atoms with Crippen molar-refractivity contribution in [2.45, 2.75) is 64.6 Å². The van der Waals surface area contributed by atoms with Gasteiger partial charge in [-0.1, -0.05) is 19.8 Å². The van der Waals surface area contributed by atoms with E-state index in [4.69, 9.17) is 5.10 Å². The van der Waals surface area contributed by atoms with Crippen LogP contribution in [0.4, 0.5) is 0 Å². The Labute approximate surface area is 130 Å². The zero-order valence-corrected chi connectivity index (χ0v) is 13.7. The summed E-state index contributed by atoms with van der Waals surface area (Å²) in [6.45, 7) is 5.15. The molecule has 1 fully saturated rings. The third-order valence-corrected chi connectivity index (χ3v) is 5.57. The molecule has 3 rings (SSSR count). The average Bonchev–Trinajstić information content (AvgIpc) is 3.24. The Balaban J connectivity index is 1.54. The Bertz CT molecular complexity index is 568. The van der Waals surface area contributed by atoms with Crippen molar-refractivity contribution in [2.24, 2.45) is 0 Å². The lowest BCUT2D eigenvalue weighted by Gasteiger charge is -2.11. The summed E-state index contributed by atoms with van der Waals surface area (Å²) < 4.78 is 2.16. The van der Waals surface area contributed by atoms with Crippen LogP contribution in [0.15, 0.2) is 18.5 Å². The van der Waals surface area contributed by atoms with Crippen LogP contribution >= 0.6 is 11.3 Å². The highest BCUT2D eigenvalue weighted by Crippen LogP contribution is 2.28. The monoisotopic (exact) mass is 304 g/mol. The zero-order chi connectivity index (χ0) is 14.7. The molecule has 21 heavy (non-hydrogen) atoms.